The number of thiazole rings is 1. The van der Waals surface area contributed by atoms with Gasteiger partial charge in [-0.1, -0.05) is 0 Å². The SMILES string of the molecule is NC(=O)CC1CCc2nc(N)sc2C1. The zero-order valence-electron chi connectivity index (χ0n) is 7.82. The van der Waals surface area contributed by atoms with Gasteiger partial charge in [0.25, 0.3) is 0 Å². The first-order chi connectivity index (χ1) is 6.65. The van der Waals surface area contributed by atoms with Gasteiger partial charge in [0.1, 0.15) is 0 Å². The summed E-state index contributed by atoms with van der Waals surface area (Å²) in [7, 11) is 0. The first-order valence-electron chi connectivity index (χ1n) is 4.67. The molecule has 0 aliphatic heterocycles. The molecule has 0 spiro atoms. The maximum absolute atomic E-state index is 10.8. The normalized spacial score (nSPS) is 20.4. The molecular weight excluding hydrogens is 198 g/mol. The van der Waals surface area contributed by atoms with E-state index in [1.807, 2.05) is 0 Å². The molecule has 0 fully saturated rings. The standard InChI is InChI=1S/C9H13N3OS/c10-8(13)4-5-1-2-6-7(3-5)14-9(11)12-6/h5H,1-4H2,(H2,10,13)(H2,11,12). The van der Waals surface area contributed by atoms with E-state index in [1.54, 1.807) is 0 Å². The number of carbonyl (C=O) groups excluding carboxylic acids is 1. The fourth-order valence-corrected chi connectivity index (χ4v) is 2.91. The molecule has 5 heteroatoms. The first-order valence-corrected chi connectivity index (χ1v) is 5.49. The average molecular weight is 211 g/mol. The molecule has 1 heterocycles. The van der Waals surface area contributed by atoms with E-state index in [0.29, 0.717) is 17.5 Å². The maximum atomic E-state index is 10.8. The number of aromatic nitrogens is 1. The summed E-state index contributed by atoms with van der Waals surface area (Å²) in [6.07, 6.45) is 3.32. The number of carbonyl (C=O) groups is 1. The van der Waals surface area contributed by atoms with Crippen LogP contribution in [-0.2, 0) is 17.6 Å². The van der Waals surface area contributed by atoms with Gasteiger partial charge in [-0.15, -0.1) is 11.3 Å². The molecule has 0 saturated heterocycles. The molecule has 1 aromatic heterocycles. The van der Waals surface area contributed by atoms with Gasteiger partial charge in [0, 0.05) is 11.3 Å². The summed E-state index contributed by atoms with van der Waals surface area (Å²) in [4.78, 5) is 16.3. The van der Waals surface area contributed by atoms with Gasteiger partial charge in [-0.2, -0.15) is 0 Å². The molecular formula is C9H13N3OS. The van der Waals surface area contributed by atoms with Gasteiger partial charge in [-0.25, -0.2) is 4.98 Å². The number of hydrogen-bond donors (Lipinski definition) is 2. The van der Waals surface area contributed by atoms with Crippen molar-refractivity contribution in [3.05, 3.63) is 10.6 Å². The monoisotopic (exact) mass is 211 g/mol. The molecule has 1 amide bonds. The lowest BCUT2D eigenvalue weighted by atomic mass is 9.88. The molecule has 0 radical (unpaired) electrons. The van der Waals surface area contributed by atoms with Crippen molar-refractivity contribution >= 4 is 22.4 Å². The third-order valence-electron chi connectivity index (χ3n) is 2.55. The minimum absolute atomic E-state index is 0.212. The van der Waals surface area contributed by atoms with Crippen LogP contribution in [0.2, 0.25) is 0 Å². The van der Waals surface area contributed by atoms with E-state index in [-0.39, 0.29) is 5.91 Å². The number of nitrogen functional groups attached to an aromatic ring is 1. The Hall–Kier alpha value is -1.10. The van der Waals surface area contributed by atoms with E-state index in [9.17, 15) is 4.79 Å². The molecule has 1 aliphatic rings. The molecule has 4 nitrogen and oxygen atoms in total. The van der Waals surface area contributed by atoms with E-state index in [2.05, 4.69) is 4.98 Å². The number of nitrogens with zero attached hydrogens (tertiary/aromatic N) is 1. The van der Waals surface area contributed by atoms with Crippen molar-refractivity contribution in [1.82, 2.24) is 4.98 Å². The van der Waals surface area contributed by atoms with Gasteiger partial charge in [-0.3, -0.25) is 4.79 Å². The molecule has 4 N–H and O–H groups in total. The highest BCUT2D eigenvalue weighted by Gasteiger charge is 2.23. The van der Waals surface area contributed by atoms with Crippen LogP contribution in [0.1, 0.15) is 23.4 Å². The Labute approximate surface area is 86.3 Å². The van der Waals surface area contributed by atoms with Crippen LogP contribution in [0.4, 0.5) is 5.13 Å². The molecule has 1 unspecified atom stereocenters. The summed E-state index contributed by atoms with van der Waals surface area (Å²) in [6.45, 7) is 0. The van der Waals surface area contributed by atoms with Crippen LogP contribution in [0.5, 0.6) is 0 Å². The van der Waals surface area contributed by atoms with Gasteiger partial charge in [0.15, 0.2) is 5.13 Å². The minimum Gasteiger partial charge on any atom is -0.375 e. The van der Waals surface area contributed by atoms with Crippen molar-refractivity contribution < 1.29 is 4.79 Å². The molecule has 1 aliphatic carbocycles. The predicted molar refractivity (Wildman–Crippen MR) is 55.9 cm³/mol. The van der Waals surface area contributed by atoms with Crippen molar-refractivity contribution in [3.8, 4) is 0 Å². The Morgan fingerprint density at radius 2 is 2.43 bits per heavy atom. The number of nitrogens with two attached hydrogens (primary N) is 2. The van der Waals surface area contributed by atoms with Crippen LogP contribution in [-0.4, -0.2) is 10.9 Å². The second kappa shape index (κ2) is 3.57. The van der Waals surface area contributed by atoms with Gasteiger partial charge in [0.2, 0.25) is 5.91 Å². The molecule has 2 rings (SSSR count). The van der Waals surface area contributed by atoms with E-state index in [1.165, 1.54) is 16.2 Å². The van der Waals surface area contributed by atoms with E-state index < -0.39 is 0 Å². The van der Waals surface area contributed by atoms with Crippen LogP contribution in [0.3, 0.4) is 0 Å². The Kier molecular flexibility index (Phi) is 2.41. The van der Waals surface area contributed by atoms with E-state index >= 15 is 0 Å². The van der Waals surface area contributed by atoms with Crippen molar-refractivity contribution in [1.29, 1.82) is 0 Å². The van der Waals surface area contributed by atoms with Crippen LogP contribution in [0.25, 0.3) is 0 Å². The van der Waals surface area contributed by atoms with Gasteiger partial charge < -0.3 is 11.5 Å². The Morgan fingerprint density at radius 3 is 3.14 bits per heavy atom. The summed E-state index contributed by atoms with van der Waals surface area (Å²) in [5, 5.41) is 0.634. The number of rotatable bonds is 2. The van der Waals surface area contributed by atoms with Crippen molar-refractivity contribution in [2.75, 3.05) is 5.73 Å². The predicted octanol–water partition coefficient (Wildman–Crippen LogP) is 0.706. The second-order valence-corrected chi connectivity index (χ2v) is 4.82. The van der Waals surface area contributed by atoms with Crippen LogP contribution < -0.4 is 11.5 Å². The van der Waals surface area contributed by atoms with E-state index in [4.69, 9.17) is 11.5 Å². The lowest BCUT2D eigenvalue weighted by molar-refractivity contribution is -0.119. The highest BCUT2D eigenvalue weighted by Crippen LogP contribution is 2.32. The highest BCUT2D eigenvalue weighted by atomic mass is 32.1. The molecule has 14 heavy (non-hydrogen) atoms. The van der Waals surface area contributed by atoms with Gasteiger partial charge >= 0.3 is 0 Å². The summed E-state index contributed by atoms with van der Waals surface area (Å²) in [5.41, 5.74) is 11.9. The third kappa shape index (κ3) is 1.87. The fourth-order valence-electron chi connectivity index (χ4n) is 1.92. The average Bonchev–Trinajstić information content (AvgIpc) is 2.42. The topological polar surface area (TPSA) is 82.0 Å². The Balaban J connectivity index is 2.09. The third-order valence-corrected chi connectivity index (χ3v) is 3.50. The highest BCUT2D eigenvalue weighted by molar-refractivity contribution is 7.15. The van der Waals surface area contributed by atoms with Crippen LogP contribution >= 0.6 is 11.3 Å². The van der Waals surface area contributed by atoms with E-state index in [0.717, 1.165) is 25.0 Å². The lowest BCUT2D eigenvalue weighted by Gasteiger charge is -2.19. The van der Waals surface area contributed by atoms with Crippen molar-refractivity contribution in [2.24, 2.45) is 11.7 Å². The summed E-state index contributed by atoms with van der Waals surface area (Å²) >= 11 is 1.54. The Bertz CT molecular complexity index is 361. The molecule has 1 atom stereocenters. The van der Waals surface area contributed by atoms with Crippen molar-refractivity contribution in [3.63, 3.8) is 0 Å². The zero-order valence-corrected chi connectivity index (χ0v) is 8.64. The summed E-state index contributed by atoms with van der Waals surface area (Å²) in [5.74, 6) is 0.177. The molecule has 76 valence electrons. The minimum atomic E-state index is -0.212. The second-order valence-electron chi connectivity index (χ2n) is 3.70. The number of hydrogen-bond acceptors (Lipinski definition) is 4. The molecule has 0 bridgehead atoms. The number of anilines is 1. The Morgan fingerprint density at radius 1 is 1.64 bits per heavy atom. The number of fused-ring (bicyclic) bond motifs is 1. The zero-order chi connectivity index (χ0) is 10.1. The van der Waals surface area contributed by atoms with Crippen LogP contribution in [0, 0.1) is 5.92 Å². The number of primary amides is 1. The summed E-state index contributed by atoms with van der Waals surface area (Å²) in [6, 6.07) is 0. The quantitative estimate of drug-likeness (QED) is 0.755. The van der Waals surface area contributed by atoms with Gasteiger partial charge in [0.05, 0.1) is 5.69 Å². The lowest BCUT2D eigenvalue weighted by Crippen LogP contribution is -2.21. The van der Waals surface area contributed by atoms with Crippen LogP contribution in [0.15, 0.2) is 0 Å². The molecule has 0 saturated carbocycles. The largest absolute Gasteiger partial charge is 0.375 e. The number of amides is 1. The van der Waals surface area contributed by atoms with Crippen molar-refractivity contribution in [2.45, 2.75) is 25.7 Å². The summed E-state index contributed by atoms with van der Waals surface area (Å²) < 4.78 is 0. The smallest absolute Gasteiger partial charge is 0.217 e. The molecule has 0 aromatic carbocycles. The molecule has 1 aromatic rings. The number of aryl methyl sites for hydroxylation is 1. The van der Waals surface area contributed by atoms with Gasteiger partial charge in [-0.05, 0) is 25.2 Å². The maximum Gasteiger partial charge on any atom is 0.217 e. The fraction of sp³-hybridized carbons (Fsp3) is 0.556. The first kappa shape index (κ1) is 9.45.